The summed E-state index contributed by atoms with van der Waals surface area (Å²) in [6.45, 7) is 3.34. The standard InChI is InChI=1S/C9H11ClO2Si/c1-7-5-3-4-6-9(7)13(10)12-8(2)11/h3-6,13H,1-2H3. The van der Waals surface area contributed by atoms with Crippen LogP contribution < -0.4 is 5.19 Å². The van der Waals surface area contributed by atoms with Crippen LogP contribution in [0.2, 0.25) is 0 Å². The maximum absolute atomic E-state index is 10.7. The van der Waals surface area contributed by atoms with Crippen molar-refractivity contribution in [3.63, 3.8) is 0 Å². The highest BCUT2D eigenvalue weighted by atomic mass is 35.6. The summed E-state index contributed by atoms with van der Waals surface area (Å²) in [5.41, 5.74) is 1.08. The number of hydrogen-bond acceptors (Lipinski definition) is 2. The molecule has 70 valence electrons. The molecule has 1 aromatic rings. The fourth-order valence-electron chi connectivity index (χ4n) is 1.05. The number of hydrogen-bond donors (Lipinski definition) is 0. The summed E-state index contributed by atoms with van der Waals surface area (Å²) in [7, 11) is -2.04. The normalized spacial score (nSPS) is 12.2. The average molecular weight is 215 g/mol. The monoisotopic (exact) mass is 214 g/mol. The van der Waals surface area contributed by atoms with Crippen molar-refractivity contribution in [3.05, 3.63) is 29.8 Å². The highest BCUT2D eigenvalue weighted by Gasteiger charge is 2.15. The van der Waals surface area contributed by atoms with Gasteiger partial charge in [0.25, 0.3) is 5.97 Å². The number of benzene rings is 1. The highest BCUT2D eigenvalue weighted by Crippen LogP contribution is 2.00. The van der Waals surface area contributed by atoms with Crippen LogP contribution in [0.25, 0.3) is 0 Å². The quantitative estimate of drug-likeness (QED) is 0.547. The lowest BCUT2D eigenvalue weighted by atomic mass is 10.2. The molecule has 0 spiro atoms. The predicted octanol–water partition coefficient (Wildman–Crippen LogP) is 1.22. The van der Waals surface area contributed by atoms with Crippen LogP contribution in [-0.4, -0.2) is 14.3 Å². The lowest BCUT2D eigenvalue weighted by Crippen LogP contribution is -2.31. The van der Waals surface area contributed by atoms with Crippen LogP contribution in [0.1, 0.15) is 12.5 Å². The van der Waals surface area contributed by atoms with Gasteiger partial charge < -0.3 is 4.43 Å². The molecule has 0 aliphatic carbocycles. The zero-order valence-corrected chi connectivity index (χ0v) is 9.49. The van der Waals surface area contributed by atoms with E-state index in [1.807, 2.05) is 31.2 Å². The van der Waals surface area contributed by atoms with Gasteiger partial charge in [-0.05, 0) is 17.7 Å². The van der Waals surface area contributed by atoms with E-state index in [1.165, 1.54) is 6.92 Å². The van der Waals surface area contributed by atoms with Gasteiger partial charge in [0.1, 0.15) is 0 Å². The Balaban J connectivity index is 2.82. The van der Waals surface area contributed by atoms with Crippen LogP contribution in [0.4, 0.5) is 0 Å². The maximum Gasteiger partial charge on any atom is 0.367 e. The molecule has 0 aromatic heterocycles. The predicted molar refractivity (Wildman–Crippen MR) is 55.6 cm³/mol. The molecule has 1 aromatic carbocycles. The van der Waals surface area contributed by atoms with Gasteiger partial charge in [-0.1, -0.05) is 24.3 Å². The van der Waals surface area contributed by atoms with Crippen molar-refractivity contribution in [2.45, 2.75) is 13.8 Å². The first-order valence-electron chi connectivity index (χ1n) is 3.98. The molecule has 0 saturated heterocycles. The molecule has 4 heteroatoms. The number of carbonyl (C=O) groups excluding carboxylic acids is 1. The fourth-order valence-corrected chi connectivity index (χ4v) is 3.30. The summed E-state index contributed by atoms with van der Waals surface area (Å²) in [5.74, 6) is -0.310. The van der Waals surface area contributed by atoms with E-state index in [9.17, 15) is 4.79 Å². The van der Waals surface area contributed by atoms with Gasteiger partial charge in [0.15, 0.2) is 0 Å². The van der Waals surface area contributed by atoms with Crippen LogP contribution >= 0.6 is 11.1 Å². The molecular weight excluding hydrogens is 204 g/mol. The molecule has 0 aliphatic rings. The van der Waals surface area contributed by atoms with Gasteiger partial charge in [-0.3, -0.25) is 4.79 Å². The second-order valence-corrected chi connectivity index (χ2v) is 5.46. The van der Waals surface area contributed by atoms with E-state index in [1.54, 1.807) is 0 Å². The van der Waals surface area contributed by atoms with Gasteiger partial charge in [0, 0.05) is 6.92 Å². The van der Waals surface area contributed by atoms with E-state index in [0.717, 1.165) is 10.8 Å². The van der Waals surface area contributed by atoms with E-state index in [4.69, 9.17) is 15.5 Å². The SMILES string of the molecule is CC(=O)O[SiH](Cl)c1ccccc1C. The van der Waals surface area contributed by atoms with Crippen molar-refractivity contribution in [2.75, 3.05) is 0 Å². The topological polar surface area (TPSA) is 26.3 Å². The van der Waals surface area contributed by atoms with Crippen LogP contribution in [0.15, 0.2) is 24.3 Å². The minimum atomic E-state index is -2.04. The maximum atomic E-state index is 10.7. The minimum Gasteiger partial charge on any atom is -0.503 e. The van der Waals surface area contributed by atoms with Gasteiger partial charge >= 0.3 is 8.35 Å². The van der Waals surface area contributed by atoms with Crippen molar-refractivity contribution >= 4 is 30.6 Å². The molecule has 0 aliphatic heterocycles. The molecule has 0 amide bonds. The van der Waals surface area contributed by atoms with E-state index in [-0.39, 0.29) is 5.97 Å². The second-order valence-electron chi connectivity index (χ2n) is 2.78. The van der Waals surface area contributed by atoms with Crippen LogP contribution in [0.5, 0.6) is 0 Å². The Morgan fingerprint density at radius 1 is 1.46 bits per heavy atom. The first-order valence-corrected chi connectivity index (χ1v) is 6.77. The molecule has 0 radical (unpaired) electrons. The number of carbonyl (C=O) groups is 1. The van der Waals surface area contributed by atoms with Gasteiger partial charge in [-0.2, -0.15) is 0 Å². The van der Waals surface area contributed by atoms with Crippen molar-refractivity contribution in [1.82, 2.24) is 0 Å². The fraction of sp³-hybridized carbons (Fsp3) is 0.222. The molecule has 1 rings (SSSR count). The van der Waals surface area contributed by atoms with E-state index in [2.05, 4.69) is 0 Å². The lowest BCUT2D eigenvalue weighted by Gasteiger charge is -2.10. The molecule has 0 N–H and O–H groups in total. The summed E-state index contributed by atoms with van der Waals surface area (Å²) in [6.07, 6.45) is 0. The third kappa shape index (κ3) is 2.86. The Kier molecular flexibility index (Phi) is 3.51. The summed E-state index contributed by atoms with van der Waals surface area (Å²) in [5, 5.41) is 0.972. The average Bonchev–Trinajstić information content (AvgIpc) is 2.03. The molecule has 0 bridgehead atoms. The molecule has 0 saturated carbocycles. The third-order valence-corrected chi connectivity index (χ3v) is 4.35. The van der Waals surface area contributed by atoms with Crippen molar-refractivity contribution < 1.29 is 9.22 Å². The zero-order valence-electron chi connectivity index (χ0n) is 7.58. The van der Waals surface area contributed by atoms with Gasteiger partial charge in [-0.15, -0.1) is 11.1 Å². The molecular formula is C9H11ClO2Si. The van der Waals surface area contributed by atoms with E-state index >= 15 is 0 Å². The van der Waals surface area contributed by atoms with Crippen LogP contribution in [-0.2, 0) is 9.22 Å². The highest BCUT2D eigenvalue weighted by molar-refractivity contribution is 7.11. The first-order chi connectivity index (χ1) is 6.11. The third-order valence-electron chi connectivity index (χ3n) is 1.70. The number of halogens is 1. The summed E-state index contributed by atoms with van der Waals surface area (Å²) in [4.78, 5) is 10.7. The Morgan fingerprint density at radius 3 is 2.62 bits per heavy atom. The van der Waals surface area contributed by atoms with E-state index < -0.39 is 8.35 Å². The largest absolute Gasteiger partial charge is 0.503 e. The first kappa shape index (κ1) is 10.3. The smallest absolute Gasteiger partial charge is 0.367 e. The van der Waals surface area contributed by atoms with Gasteiger partial charge in [0.2, 0.25) is 0 Å². The van der Waals surface area contributed by atoms with Crippen LogP contribution in [0.3, 0.4) is 0 Å². The van der Waals surface area contributed by atoms with E-state index in [0.29, 0.717) is 0 Å². The molecule has 13 heavy (non-hydrogen) atoms. The molecule has 1 unspecified atom stereocenters. The Hall–Kier alpha value is -0.803. The summed E-state index contributed by atoms with van der Waals surface area (Å²) >= 11 is 6.00. The number of aryl methyl sites for hydroxylation is 1. The number of rotatable bonds is 2. The lowest BCUT2D eigenvalue weighted by molar-refractivity contribution is -0.131. The van der Waals surface area contributed by atoms with Crippen LogP contribution in [0, 0.1) is 6.92 Å². The van der Waals surface area contributed by atoms with Crippen molar-refractivity contribution in [2.24, 2.45) is 0 Å². The van der Waals surface area contributed by atoms with Gasteiger partial charge in [0.05, 0.1) is 0 Å². The Labute approximate surface area is 83.9 Å². The summed E-state index contributed by atoms with van der Waals surface area (Å²) in [6, 6.07) is 7.70. The van der Waals surface area contributed by atoms with Crippen molar-refractivity contribution in [1.29, 1.82) is 0 Å². The van der Waals surface area contributed by atoms with Gasteiger partial charge in [-0.25, -0.2) is 0 Å². The minimum absolute atomic E-state index is 0.310. The molecule has 2 nitrogen and oxygen atoms in total. The van der Waals surface area contributed by atoms with Crippen molar-refractivity contribution in [3.8, 4) is 0 Å². The Morgan fingerprint density at radius 2 is 2.08 bits per heavy atom. The zero-order chi connectivity index (χ0) is 9.84. The molecule has 0 fully saturated rings. The summed E-state index contributed by atoms with van der Waals surface area (Å²) < 4.78 is 4.98. The Bertz CT molecular complexity index is 314. The molecule has 0 heterocycles. The molecule has 1 atom stereocenters. The second kappa shape index (κ2) is 4.44.